The SMILES string of the molecule is COc1ccc(C(=O)Nc2nc(=O)n([C@@H]3O[C@H](COC(C)=O)[C@H](Br)[C@H]3OC(C)=O)cc2/C=C/Br)cc1. The molecular formula is C23H23Br2N3O8. The van der Waals surface area contributed by atoms with Gasteiger partial charge in [0.15, 0.2) is 12.3 Å². The number of nitrogens with one attached hydrogen (secondary N) is 1. The lowest BCUT2D eigenvalue weighted by molar-refractivity contribution is -0.153. The summed E-state index contributed by atoms with van der Waals surface area (Å²) in [4.78, 5) is 53.7. The number of anilines is 1. The van der Waals surface area contributed by atoms with Gasteiger partial charge < -0.3 is 24.3 Å². The predicted octanol–water partition coefficient (Wildman–Crippen LogP) is 3.03. The van der Waals surface area contributed by atoms with Gasteiger partial charge in [-0.1, -0.05) is 31.9 Å². The van der Waals surface area contributed by atoms with Gasteiger partial charge in [-0.2, -0.15) is 4.98 Å². The number of amides is 1. The van der Waals surface area contributed by atoms with E-state index in [1.54, 1.807) is 30.3 Å². The van der Waals surface area contributed by atoms with E-state index in [9.17, 15) is 19.2 Å². The molecule has 1 N–H and O–H groups in total. The number of alkyl halides is 1. The van der Waals surface area contributed by atoms with E-state index < -0.39 is 46.8 Å². The molecule has 1 fully saturated rings. The van der Waals surface area contributed by atoms with Crippen molar-refractivity contribution in [1.82, 2.24) is 9.55 Å². The fraction of sp³-hybridized carbons (Fsp3) is 0.348. The number of benzene rings is 1. The number of ether oxygens (including phenoxy) is 4. The van der Waals surface area contributed by atoms with E-state index in [0.29, 0.717) is 16.9 Å². The third-order valence-electron chi connectivity index (χ3n) is 5.10. The maximum Gasteiger partial charge on any atom is 0.351 e. The second-order valence-corrected chi connectivity index (χ2v) is 9.18. The molecule has 1 amide bonds. The Balaban J connectivity index is 1.94. The van der Waals surface area contributed by atoms with Crippen molar-refractivity contribution in [1.29, 1.82) is 0 Å². The number of rotatable bonds is 8. The van der Waals surface area contributed by atoms with E-state index in [-0.39, 0.29) is 12.4 Å². The molecule has 0 radical (unpaired) electrons. The highest BCUT2D eigenvalue weighted by atomic mass is 79.9. The molecule has 4 atom stereocenters. The van der Waals surface area contributed by atoms with Crippen LogP contribution in [0, 0.1) is 0 Å². The topological polar surface area (TPSA) is 135 Å². The Morgan fingerprint density at radius 3 is 2.47 bits per heavy atom. The highest BCUT2D eigenvalue weighted by Gasteiger charge is 2.47. The molecule has 11 nitrogen and oxygen atoms in total. The van der Waals surface area contributed by atoms with Crippen LogP contribution in [-0.4, -0.2) is 58.1 Å². The molecule has 3 rings (SSSR count). The largest absolute Gasteiger partial charge is 0.497 e. The van der Waals surface area contributed by atoms with Gasteiger partial charge in [-0.15, -0.1) is 0 Å². The minimum absolute atomic E-state index is 0.0154. The number of halogens is 2. The molecule has 1 aromatic heterocycles. The van der Waals surface area contributed by atoms with Crippen molar-refractivity contribution in [3.63, 3.8) is 0 Å². The maximum absolute atomic E-state index is 13.0. The zero-order valence-corrected chi connectivity index (χ0v) is 22.6. The van der Waals surface area contributed by atoms with Crippen LogP contribution in [0.25, 0.3) is 6.08 Å². The predicted molar refractivity (Wildman–Crippen MR) is 136 cm³/mol. The van der Waals surface area contributed by atoms with Crippen LogP contribution in [0.15, 0.2) is 40.2 Å². The summed E-state index contributed by atoms with van der Waals surface area (Å²) in [6.07, 6.45) is 0.284. The fourth-order valence-electron chi connectivity index (χ4n) is 3.45. The van der Waals surface area contributed by atoms with Gasteiger partial charge in [0.05, 0.1) is 11.9 Å². The first-order valence-corrected chi connectivity index (χ1v) is 12.4. The first kappa shape index (κ1) is 27.6. The molecule has 0 bridgehead atoms. The Labute approximate surface area is 223 Å². The van der Waals surface area contributed by atoms with Crippen LogP contribution in [0.2, 0.25) is 0 Å². The van der Waals surface area contributed by atoms with Crippen LogP contribution in [0.5, 0.6) is 5.75 Å². The molecule has 1 aliphatic rings. The fourth-order valence-corrected chi connectivity index (χ4v) is 4.38. The molecule has 0 saturated carbocycles. The highest BCUT2D eigenvalue weighted by molar-refractivity contribution is 9.11. The zero-order valence-electron chi connectivity index (χ0n) is 19.5. The average molecular weight is 629 g/mol. The average Bonchev–Trinajstić information content (AvgIpc) is 3.13. The summed E-state index contributed by atoms with van der Waals surface area (Å²) in [7, 11) is 1.52. The summed E-state index contributed by atoms with van der Waals surface area (Å²) >= 11 is 6.62. The lowest BCUT2D eigenvalue weighted by atomic mass is 10.2. The van der Waals surface area contributed by atoms with E-state index >= 15 is 0 Å². The standard InChI is InChI=1S/C23H23Br2N3O8/c1-12(29)34-11-17-18(25)19(35-13(2)30)22(36-17)28-10-15(8-9-24)20(27-23(28)32)26-21(31)14-4-6-16(33-3)7-5-14/h4-10,17-19,22H,11H2,1-3H3,(H,26,27,31,32)/b9-8+/t17-,18+,19-,22-/m1/s1. The van der Waals surface area contributed by atoms with Gasteiger partial charge in [-0.05, 0) is 35.3 Å². The Morgan fingerprint density at radius 1 is 1.19 bits per heavy atom. The first-order valence-electron chi connectivity index (χ1n) is 10.6. The van der Waals surface area contributed by atoms with Crippen LogP contribution < -0.4 is 15.7 Å². The van der Waals surface area contributed by atoms with E-state index in [1.165, 1.54) is 32.1 Å². The van der Waals surface area contributed by atoms with Crippen molar-refractivity contribution >= 4 is 61.6 Å². The molecule has 1 aromatic carbocycles. The zero-order chi connectivity index (χ0) is 26.4. The summed E-state index contributed by atoms with van der Waals surface area (Å²) in [5.41, 5.74) is -0.0603. The van der Waals surface area contributed by atoms with E-state index in [1.807, 2.05) is 0 Å². The van der Waals surface area contributed by atoms with Gasteiger partial charge in [0.1, 0.15) is 24.3 Å². The lowest BCUT2D eigenvalue weighted by Gasteiger charge is -2.22. The second kappa shape index (κ2) is 12.3. The Kier molecular flexibility index (Phi) is 9.40. The third-order valence-corrected chi connectivity index (χ3v) is 6.47. The van der Waals surface area contributed by atoms with Gasteiger partial charge in [0.25, 0.3) is 5.91 Å². The van der Waals surface area contributed by atoms with Gasteiger partial charge in [0, 0.05) is 31.2 Å². The highest BCUT2D eigenvalue weighted by Crippen LogP contribution is 2.36. The Morgan fingerprint density at radius 2 is 1.89 bits per heavy atom. The van der Waals surface area contributed by atoms with E-state index in [0.717, 1.165) is 4.57 Å². The molecule has 13 heteroatoms. The number of carbonyl (C=O) groups is 3. The number of aromatic nitrogens is 2. The summed E-state index contributed by atoms with van der Waals surface area (Å²) in [6.45, 7) is 2.37. The number of hydrogen-bond donors (Lipinski definition) is 1. The summed E-state index contributed by atoms with van der Waals surface area (Å²) in [6, 6.07) is 6.42. The van der Waals surface area contributed by atoms with Crippen LogP contribution in [0.4, 0.5) is 5.82 Å². The first-order chi connectivity index (χ1) is 17.1. The molecule has 36 heavy (non-hydrogen) atoms. The van der Waals surface area contributed by atoms with Crippen LogP contribution in [-0.2, 0) is 23.8 Å². The van der Waals surface area contributed by atoms with Crippen molar-refractivity contribution in [3.8, 4) is 5.75 Å². The summed E-state index contributed by atoms with van der Waals surface area (Å²) in [5, 5.41) is 2.63. The van der Waals surface area contributed by atoms with Gasteiger partial charge in [-0.3, -0.25) is 19.0 Å². The molecule has 2 heterocycles. The van der Waals surface area contributed by atoms with E-state index in [4.69, 9.17) is 18.9 Å². The monoisotopic (exact) mass is 627 g/mol. The van der Waals surface area contributed by atoms with Crippen molar-refractivity contribution in [2.75, 3.05) is 19.0 Å². The van der Waals surface area contributed by atoms with Gasteiger partial charge in [0.2, 0.25) is 0 Å². The second-order valence-electron chi connectivity index (χ2n) is 7.60. The summed E-state index contributed by atoms with van der Waals surface area (Å²) < 4.78 is 22.6. The van der Waals surface area contributed by atoms with Crippen LogP contribution in [0.3, 0.4) is 0 Å². The minimum atomic E-state index is -1.08. The number of methoxy groups -OCH3 is 1. The molecule has 0 spiro atoms. The normalized spacial score (nSPS) is 21.2. The number of carbonyl (C=O) groups excluding carboxylic acids is 3. The number of hydrogen-bond acceptors (Lipinski definition) is 9. The van der Waals surface area contributed by atoms with Crippen molar-refractivity contribution in [2.45, 2.75) is 37.1 Å². The van der Waals surface area contributed by atoms with Crippen molar-refractivity contribution in [2.24, 2.45) is 0 Å². The third kappa shape index (κ3) is 6.59. The van der Waals surface area contributed by atoms with Gasteiger partial charge in [-0.25, -0.2) is 4.79 Å². The molecule has 0 unspecified atom stereocenters. The molecule has 2 aromatic rings. The molecule has 1 saturated heterocycles. The maximum atomic E-state index is 13.0. The van der Waals surface area contributed by atoms with E-state index in [2.05, 4.69) is 42.2 Å². The lowest BCUT2D eigenvalue weighted by Crippen LogP contribution is -2.37. The molecule has 192 valence electrons. The van der Waals surface area contributed by atoms with Crippen molar-refractivity contribution < 1.29 is 33.3 Å². The Hall–Kier alpha value is -3.03. The van der Waals surface area contributed by atoms with Crippen LogP contribution in [0.1, 0.15) is 36.0 Å². The molecule has 1 aliphatic heterocycles. The van der Waals surface area contributed by atoms with Crippen molar-refractivity contribution in [3.05, 3.63) is 57.1 Å². The summed E-state index contributed by atoms with van der Waals surface area (Å²) in [5.74, 6) is -0.973. The smallest absolute Gasteiger partial charge is 0.351 e. The quantitative estimate of drug-likeness (QED) is 0.346. The van der Waals surface area contributed by atoms with Crippen LogP contribution >= 0.6 is 31.9 Å². The number of nitrogens with zero attached hydrogens (tertiary/aromatic N) is 2. The number of esters is 2. The molecular weight excluding hydrogens is 606 g/mol. The molecule has 0 aliphatic carbocycles. The minimum Gasteiger partial charge on any atom is -0.497 e. The van der Waals surface area contributed by atoms with Gasteiger partial charge >= 0.3 is 17.6 Å². The Bertz CT molecular complexity index is 1210.